The van der Waals surface area contributed by atoms with Crippen molar-refractivity contribution in [2.75, 3.05) is 0 Å². The zero-order chi connectivity index (χ0) is 10.0. The predicted molar refractivity (Wildman–Crippen MR) is 44.6 cm³/mol. The molecule has 0 saturated heterocycles. The summed E-state index contributed by atoms with van der Waals surface area (Å²) in [7, 11) is 0. The molecular weight excluding hydrogens is 223 g/mol. The summed E-state index contributed by atoms with van der Waals surface area (Å²) < 4.78 is 24.5. The molecule has 0 N–H and O–H groups in total. The average molecular weight is 226 g/mol. The lowest BCUT2D eigenvalue weighted by atomic mass is 10.2. The van der Waals surface area contributed by atoms with Crippen molar-refractivity contribution < 1.29 is 13.6 Å². The van der Waals surface area contributed by atoms with Crippen LogP contribution in [0.5, 0.6) is 0 Å². The SMILES string of the molecule is O=Cc1c(Cl)cc(Cl)nc1C(F)F. The number of pyridine rings is 1. The molecular formula is C7H3Cl2F2NO. The molecule has 0 fully saturated rings. The minimum Gasteiger partial charge on any atom is -0.298 e. The molecule has 0 radical (unpaired) electrons. The van der Waals surface area contributed by atoms with Gasteiger partial charge in [0.25, 0.3) is 6.43 Å². The van der Waals surface area contributed by atoms with Gasteiger partial charge in [-0.25, -0.2) is 13.8 Å². The van der Waals surface area contributed by atoms with Gasteiger partial charge in [0.1, 0.15) is 10.8 Å². The van der Waals surface area contributed by atoms with Crippen molar-refractivity contribution in [1.82, 2.24) is 4.98 Å². The monoisotopic (exact) mass is 225 g/mol. The van der Waals surface area contributed by atoms with Crippen molar-refractivity contribution in [2.24, 2.45) is 0 Å². The number of halogens is 4. The van der Waals surface area contributed by atoms with E-state index in [0.717, 1.165) is 6.07 Å². The largest absolute Gasteiger partial charge is 0.298 e. The van der Waals surface area contributed by atoms with Crippen LogP contribution in [0.25, 0.3) is 0 Å². The molecule has 0 aliphatic heterocycles. The van der Waals surface area contributed by atoms with E-state index >= 15 is 0 Å². The van der Waals surface area contributed by atoms with E-state index in [0.29, 0.717) is 0 Å². The molecule has 13 heavy (non-hydrogen) atoms. The molecule has 1 aromatic heterocycles. The second kappa shape index (κ2) is 3.98. The van der Waals surface area contributed by atoms with Crippen molar-refractivity contribution >= 4 is 29.5 Å². The summed E-state index contributed by atoms with van der Waals surface area (Å²) in [6, 6.07) is 1.14. The topological polar surface area (TPSA) is 30.0 Å². The number of alkyl halides is 2. The van der Waals surface area contributed by atoms with Crippen LogP contribution < -0.4 is 0 Å². The molecule has 70 valence electrons. The van der Waals surface area contributed by atoms with Gasteiger partial charge >= 0.3 is 0 Å². The van der Waals surface area contributed by atoms with Crippen LogP contribution >= 0.6 is 23.2 Å². The number of aromatic nitrogens is 1. The normalized spacial score (nSPS) is 10.5. The number of carbonyl (C=O) groups is 1. The van der Waals surface area contributed by atoms with Crippen LogP contribution in [0.1, 0.15) is 22.5 Å². The van der Waals surface area contributed by atoms with Crippen LogP contribution in [0.15, 0.2) is 6.07 Å². The lowest BCUT2D eigenvalue weighted by molar-refractivity contribution is 0.110. The van der Waals surface area contributed by atoms with E-state index in [9.17, 15) is 13.6 Å². The quantitative estimate of drug-likeness (QED) is 0.572. The Balaban J connectivity index is 3.38. The maximum absolute atomic E-state index is 12.2. The Morgan fingerprint density at radius 3 is 2.54 bits per heavy atom. The van der Waals surface area contributed by atoms with Gasteiger partial charge in [-0.2, -0.15) is 0 Å². The fraction of sp³-hybridized carbons (Fsp3) is 0.143. The summed E-state index contributed by atoms with van der Waals surface area (Å²) in [5, 5.41) is -0.281. The van der Waals surface area contributed by atoms with Crippen LogP contribution in [-0.4, -0.2) is 11.3 Å². The Kier molecular flexibility index (Phi) is 3.17. The first-order valence-corrected chi connectivity index (χ1v) is 3.91. The number of rotatable bonds is 2. The minimum absolute atomic E-state index is 0.120. The van der Waals surface area contributed by atoms with Gasteiger partial charge in [0, 0.05) is 0 Å². The van der Waals surface area contributed by atoms with Crippen molar-refractivity contribution in [1.29, 1.82) is 0 Å². The van der Waals surface area contributed by atoms with Crippen molar-refractivity contribution in [3.05, 3.63) is 27.5 Å². The van der Waals surface area contributed by atoms with Crippen LogP contribution in [0.3, 0.4) is 0 Å². The molecule has 1 aromatic rings. The highest BCUT2D eigenvalue weighted by molar-refractivity contribution is 6.35. The van der Waals surface area contributed by atoms with E-state index < -0.39 is 12.1 Å². The zero-order valence-corrected chi connectivity index (χ0v) is 7.61. The summed E-state index contributed by atoms with van der Waals surface area (Å²) in [5.41, 5.74) is -1.01. The number of hydrogen-bond acceptors (Lipinski definition) is 2. The van der Waals surface area contributed by atoms with E-state index in [2.05, 4.69) is 4.98 Å². The third-order valence-electron chi connectivity index (χ3n) is 1.33. The van der Waals surface area contributed by atoms with E-state index in [1.807, 2.05) is 0 Å². The van der Waals surface area contributed by atoms with Gasteiger partial charge in [0.2, 0.25) is 0 Å². The number of aldehydes is 1. The lowest BCUT2D eigenvalue weighted by Gasteiger charge is -2.04. The third-order valence-corrected chi connectivity index (χ3v) is 1.84. The highest BCUT2D eigenvalue weighted by Crippen LogP contribution is 2.27. The molecule has 0 unspecified atom stereocenters. The van der Waals surface area contributed by atoms with Gasteiger partial charge in [-0.1, -0.05) is 23.2 Å². The summed E-state index contributed by atoms with van der Waals surface area (Å²) in [5.74, 6) is 0. The second-order valence-corrected chi connectivity index (χ2v) is 2.94. The Hall–Kier alpha value is -0.740. The molecule has 0 amide bonds. The van der Waals surface area contributed by atoms with Crippen molar-refractivity contribution in [3.63, 3.8) is 0 Å². The van der Waals surface area contributed by atoms with Crippen LogP contribution in [0, 0.1) is 0 Å². The highest BCUT2D eigenvalue weighted by atomic mass is 35.5. The van der Waals surface area contributed by atoms with E-state index in [1.165, 1.54) is 0 Å². The summed E-state index contributed by atoms with van der Waals surface area (Å²) in [4.78, 5) is 13.7. The molecule has 0 atom stereocenters. The molecule has 0 saturated carbocycles. The van der Waals surface area contributed by atoms with Gasteiger partial charge in [0.05, 0.1) is 10.6 Å². The highest BCUT2D eigenvalue weighted by Gasteiger charge is 2.18. The Labute approximate surface area is 82.5 Å². The van der Waals surface area contributed by atoms with E-state index in [-0.39, 0.29) is 22.0 Å². The summed E-state index contributed by atoms with van der Waals surface area (Å²) in [6.07, 6.45) is -2.64. The fourth-order valence-electron chi connectivity index (χ4n) is 0.795. The van der Waals surface area contributed by atoms with E-state index in [4.69, 9.17) is 23.2 Å². The maximum Gasteiger partial charge on any atom is 0.281 e. The number of nitrogens with zero attached hydrogens (tertiary/aromatic N) is 1. The van der Waals surface area contributed by atoms with Crippen molar-refractivity contribution in [3.8, 4) is 0 Å². The van der Waals surface area contributed by atoms with E-state index in [1.54, 1.807) is 0 Å². The minimum atomic E-state index is -2.86. The molecule has 0 aromatic carbocycles. The Morgan fingerprint density at radius 2 is 2.08 bits per heavy atom. The smallest absolute Gasteiger partial charge is 0.281 e. The standard InChI is InChI=1S/C7H3Cl2F2NO/c8-4-1-5(9)12-6(7(10)11)3(4)2-13/h1-2,7H. The van der Waals surface area contributed by atoms with Crippen LogP contribution in [-0.2, 0) is 0 Å². The first-order chi connectivity index (χ1) is 6.06. The van der Waals surface area contributed by atoms with Gasteiger partial charge in [0.15, 0.2) is 6.29 Å². The molecule has 0 aliphatic rings. The van der Waals surface area contributed by atoms with Crippen LogP contribution in [0.2, 0.25) is 10.2 Å². The Bertz CT molecular complexity index is 344. The van der Waals surface area contributed by atoms with Crippen molar-refractivity contribution in [2.45, 2.75) is 6.43 Å². The lowest BCUT2D eigenvalue weighted by Crippen LogP contribution is -1.98. The van der Waals surface area contributed by atoms with Gasteiger partial charge in [-0.05, 0) is 6.07 Å². The van der Waals surface area contributed by atoms with Crippen LogP contribution in [0.4, 0.5) is 8.78 Å². The number of carbonyl (C=O) groups excluding carboxylic acids is 1. The van der Waals surface area contributed by atoms with Gasteiger partial charge < -0.3 is 0 Å². The Morgan fingerprint density at radius 1 is 1.46 bits per heavy atom. The molecule has 6 heteroatoms. The average Bonchev–Trinajstić information content (AvgIpc) is 2.02. The van der Waals surface area contributed by atoms with Gasteiger partial charge in [-0.3, -0.25) is 4.79 Å². The molecule has 0 aliphatic carbocycles. The molecule has 1 heterocycles. The second-order valence-electron chi connectivity index (χ2n) is 2.14. The number of hydrogen-bond donors (Lipinski definition) is 0. The summed E-state index contributed by atoms with van der Waals surface area (Å²) in [6.45, 7) is 0. The predicted octanol–water partition coefficient (Wildman–Crippen LogP) is 3.14. The molecule has 0 spiro atoms. The zero-order valence-electron chi connectivity index (χ0n) is 6.10. The first kappa shape index (κ1) is 10.3. The maximum atomic E-state index is 12.2. The molecule has 1 rings (SSSR count). The molecule has 2 nitrogen and oxygen atoms in total. The fourth-order valence-corrected chi connectivity index (χ4v) is 1.30. The third kappa shape index (κ3) is 2.14. The van der Waals surface area contributed by atoms with Gasteiger partial charge in [-0.15, -0.1) is 0 Å². The first-order valence-electron chi connectivity index (χ1n) is 3.15. The molecule has 0 bridgehead atoms. The summed E-state index contributed by atoms with van der Waals surface area (Å²) >= 11 is 10.9.